The summed E-state index contributed by atoms with van der Waals surface area (Å²) in [5.41, 5.74) is 1.63. The molecule has 0 spiro atoms. The minimum Gasteiger partial charge on any atom is -0.457 e. The Morgan fingerprint density at radius 3 is 2.42 bits per heavy atom. The van der Waals surface area contributed by atoms with Crippen molar-refractivity contribution < 1.29 is 31.8 Å². The molecular weight excluding hydrogens is 372 g/mol. The first-order chi connectivity index (χ1) is 12.2. The normalized spacial score (nSPS) is 14.6. The first-order valence-electron chi connectivity index (χ1n) is 7.41. The number of aryl methyl sites for hydroxylation is 1. The number of cyclic esters (lactones) is 1. The van der Waals surface area contributed by atoms with Crippen molar-refractivity contribution in [3.63, 3.8) is 0 Å². The van der Waals surface area contributed by atoms with E-state index in [9.17, 15) is 22.4 Å². The second-order valence-corrected chi connectivity index (χ2v) is 6.11. The number of halogens is 4. The molecule has 0 unspecified atom stereocenters. The third-order valence-corrected chi connectivity index (χ3v) is 4.20. The van der Waals surface area contributed by atoms with Crippen molar-refractivity contribution in [1.29, 1.82) is 0 Å². The summed E-state index contributed by atoms with van der Waals surface area (Å²) < 4.78 is 59.9. The highest BCUT2D eigenvalue weighted by atomic mass is 32.1. The Morgan fingerprint density at radius 1 is 1.12 bits per heavy atom. The van der Waals surface area contributed by atoms with Crippen LogP contribution < -0.4 is 4.74 Å². The van der Waals surface area contributed by atoms with Gasteiger partial charge in [0.2, 0.25) is 0 Å². The molecule has 0 atom stereocenters. The van der Waals surface area contributed by atoms with Crippen molar-refractivity contribution in [2.75, 3.05) is 6.61 Å². The van der Waals surface area contributed by atoms with Crippen LogP contribution in [0.1, 0.15) is 16.7 Å². The van der Waals surface area contributed by atoms with Gasteiger partial charge in [0.05, 0.1) is 5.57 Å². The Kier molecular flexibility index (Phi) is 4.70. The molecule has 0 saturated heterocycles. The predicted molar refractivity (Wildman–Crippen MR) is 89.3 cm³/mol. The van der Waals surface area contributed by atoms with Crippen molar-refractivity contribution in [2.24, 2.45) is 0 Å². The number of thiol groups is 1. The molecule has 0 amide bonds. The van der Waals surface area contributed by atoms with Gasteiger partial charge >= 0.3 is 12.3 Å². The van der Waals surface area contributed by atoms with Gasteiger partial charge in [0.15, 0.2) is 0 Å². The van der Waals surface area contributed by atoms with Gasteiger partial charge in [0.1, 0.15) is 18.2 Å². The van der Waals surface area contributed by atoms with Crippen LogP contribution in [-0.2, 0) is 9.53 Å². The van der Waals surface area contributed by atoms with Gasteiger partial charge < -0.3 is 9.47 Å². The summed E-state index contributed by atoms with van der Waals surface area (Å²) in [5.74, 6) is -1.54. The Balaban J connectivity index is 2.06. The minimum atomic E-state index is -4.81. The van der Waals surface area contributed by atoms with E-state index in [1.54, 1.807) is 6.07 Å². The molecule has 0 bridgehead atoms. The van der Waals surface area contributed by atoms with E-state index < -0.39 is 18.1 Å². The lowest BCUT2D eigenvalue weighted by atomic mass is 9.95. The van der Waals surface area contributed by atoms with Crippen LogP contribution in [0.4, 0.5) is 17.6 Å². The molecule has 2 aromatic carbocycles. The Bertz CT molecular complexity index is 919. The number of alkyl halides is 3. The van der Waals surface area contributed by atoms with E-state index in [-0.39, 0.29) is 28.4 Å². The fraction of sp³-hybridized carbons (Fsp3) is 0.167. The monoisotopic (exact) mass is 384 g/mol. The van der Waals surface area contributed by atoms with E-state index in [1.165, 1.54) is 31.2 Å². The van der Waals surface area contributed by atoms with Gasteiger partial charge in [0, 0.05) is 10.5 Å². The lowest BCUT2D eigenvalue weighted by molar-refractivity contribution is -0.274. The van der Waals surface area contributed by atoms with Crippen LogP contribution in [0, 0.1) is 12.7 Å². The number of ether oxygens (including phenoxy) is 2. The third kappa shape index (κ3) is 3.70. The highest BCUT2D eigenvalue weighted by Gasteiger charge is 2.32. The smallest absolute Gasteiger partial charge is 0.457 e. The molecule has 0 radical (unpaired) electrons. The van der Waals surface area contributed by atoms with E-state index in [0.29, 0.717) is 16.7 Å². The highest BCUT2D eigenvalue weighted by molar-refractivity contribution is 7.80. The summed E-state index contributed by atoms with van der Waals surface area (Å²) in [6, 6.07) is 8.13. The summed E-state index contributed by atoms with van der Waals surface area (Å²) in [5, 5.41) is 0. The van der Waals surface area contributed by atoms with Gasteiger partial charge in [0.25, 0.3) is 0 Å². The molecule has 136 valence electrons. The molecule has 8 heteroatoms. The van der Waals surface area contributed by atoms with Crippen molar-refractivity contribution in [2.45, 2.75) is 18.2 Å². The summed E-state index contributed by atoms with van der Waals surface area (Å²) in [4.78, 5) is 12.3. The fourth-order valence-electron chi connectivity index (χ4n) is 2.66. The Labute approximate surface area is 151 Å². The topological polar surface area (TPSA) is 35.5 Å². The Morgan fingerprint density at radius 2 is 1.81 bits per heavy atom. The average Bonchev–Trinajstić information content (AvgIpc) is 2.92. The number of carbonyl (C=O) groups is 1. The second-order valence-electron chi connectivity index (χ2n) is 5.62. The van der Waals surface area contributed by atoms with Crippen LogP contribution in [0.3, 0.4) is 0 Å². The summed E-state index contributed by atoms with van der Waals surface area (Å²) in [7, 11) is 0. The summed E-state index contributed by atoms with van der Waals surface area (Å²) in [6.45, 7) is 1.37. The van der Waals surface area contributed by atoms with Gasteiger partial charge in [-0.15, -0.1) is 25.8 Å². The molecule has 1 aliphatic rings. The standard InChI is InChI=1S/C18H12F4O3S/c1-9-6-11(2-4-14(9)25-18(20,21)22)16-12(8-24-17(16)23)10-3-5-15(26)13(19)7-10/h2-7,26H,8H2,1H3. The molecule has 0 N–H and O–H groups in total. The number of rotatable bonds is 3. The maximum Gasteiger partial charge on any atom is 0.573 e. The molecule has 1 aliphatic heterocycles. The van der Waals surface area contributed by atoms with Crippen LogP contribution in [0.25, 0.3) is 11.1 Å². The summed E-state index contributed by atoms with van der Waals surface area (Å²) >= 11 is 3.96. The molecule has 0 aromatic heterocycles. The zero-order chi connectivity index (χ0) is 19.1. The van der Waals surface area contributed by atoms with E-state index in [2.05, 4.69) is 17.4 Å². The fourth-order valence-corrected chi connectivity index (χ4v) is 2.80. The molecule has 0 aliphatic carbocycles. The van der Waals surface area contributed by atoms with Crippen molar-refractivity contribution in [3.05, 3.63) is 58.9 Å². The van der Waals surface area contributed by atoms with E-state index in [1.807, 2.05) is 0 Å². The van der Waals surface area contributed by atoms with E-state index >= 15 is 0 Å². The highest BCUT2D eigenvalue weighted by Crippen LogP contribution is 2.36. The van der Waals surface area contributed by atoms with Gasteiger partial charge in [-0.2, -0.15) is 0 Å². The lowest BCUT2D eigenvalue weighted by Crippen LogP contribution is -2.17. The number of benzene rings is 2. The molecule has 26 heavy (non-hydrogen) atoms. The van der Waals surface area contributed by atoms with Gasteiger partial charge in [-0.3, -0.25) is 0 Å². The van der Waals surface area contributed by atoms with Crippen LogP contribution in [0.5, 0.6) is 5.75 Å². The van der Waals surface area contributed by atoms with Crippen LogP contribution in [0.15, 0.2) is 41.3 Å². The Hall–Kier alpha value is -2.48. The molecule has 3 nitrogen and oxygen atoms in total. The van der Waals surface area contributed by atoms with Gasteiger partial charge in [-0.25, -0.2) is 9.18 Å². The van der Waals surface area contributed by atoms with Crippen molar-refractivity contribution in [1.82, 2.24) is 0 Å². The zero-order valence-electron chi connectivity index (χ0n) is 13.4. The van der Waals surface area contributed by atoms with Crippen LogP contribution >= 0.6 is 12.6 Å². The SMILES string of the molecule is Cc1cc(C2=C(c3ccc(S)c(F)c3)COC2=O)ccc1OC(F)(F)F. The van der Waals surface area contributed by atoms with Crippen molar-refractivity contribution >= 4 is 29.7 Å². The van der Waals surface area contributed by atoms with E-state index in [0.717, 1.165) is 6.07 Å². The lowest BCUT2D eigenvalue weighted by Gasteiger charge is -2.13. The largest absolute Gasteiger partial charge is 0.573 e. The number of carbonyl (C=O) groups excluding carboxylic acids is 1. The molecule has 2 aromatic rings. The van der Waals surface area contributed by atoms with Crippen molar-refractivity contribution in [3.8, 4) is 5.75 Å². The molecule has 1 heterocycles. The number of hydrogen-bond acceptors (Lipinski definition) is 4. The average molecular weight is 384 g/mol. The molecule has 0 saturated carbocycles. The maximum absolute atomic E-state index is 13.8. The summed E-state index contributed by atoms with van der Waals surface area (Å²) in [6.07, 6.45) is -4.81. The maximum atomic E-state index is 13.8. The van der Waals surface area contributed by atoms with Crippen LogP contribution in [-0.4, -0.2) is 18.9 Å². The molecular formula is C18H12F4O3S. The second kappa shape index (κ2) is 6.68. The van der Waals surface area contributed by atoms with Gasteiger partial charge in [-0.05, 0) is 47.9 Å². The molecule has 0 fully saturated rings. The quantitative estimate of drug-likeness (QED) is 0.470. The predicted octanol–water partition coefficient (Wildman–Crippen LogP) is 4.79. The third-order valence-electron chi connectivity index (χ3n) is 3.84. The van der Waals surface area contributed by atoms with Gasteiger partial charge in [-0.1, -0.05) is 12.1 Å². The molecule has 3 rings (SSSR count). The first kappa shape index (κ1) is 18.3. The minimum absolute atomic E-state index is 0.0562. The first-order valence-corrected chi connectivity index (χ1v) is 7.86. The number of esters is 1. The zero-order valence-corrected chi connectivity index (χ0v) is 14.2. The van der Waals surface area contributed by atoms with Crippen LogP contribution in [0.2, 0.25) is 0 Å². The van der Waals surface area contributed by atoms with E-state index in [4.69, 9.17) is 4.74 Å². The number of hydrogen-bond donors (Lipinski definition) is 1.